The molecule has 4 aromatic rings. The van der Waals surface area contributed by atoms with Crippen molar-refractivity contribution in [3.05, 3.63) is 135 Å². The Kier molecular flexibility index (Phi) is 12.7. The zero-order valence-corrected chi connectivity index (χ0v) is 28.7. The number of hydrogen-bond donors (Lipinski definition) is 5. The highest BCUT2D eigenvalue weighted by molar-refractivity contribution is 14.1. The number of amides is 2. The summed E-state index contributed by atoms with van der Waals surface area (Å²) in [5.41, 5.74) is 3.16. The average Bonchev–Trinajstić information content (AvgIpc) is 3.05. The number of benzene rings is 4. The topological polar surface area (TPSA) is 137 Å². The normalized spacial score (nSPS) is 13.3. The lowest BCUT2D eigenvalue weighted by Gasteiger charge is -2.25. The zero-order chi connectivity index (χ0) is 33.1. The predicted octanol–water partition coefficient (Wildman–Crippen LogP) is 5.04. The Morgan fingerprint density at radius 3 is 2.04 bits per heavy atom. The fourth-order valence-corrected chi connectivity index (χ4v) is 6.09. The van der Waals surface area contributed by atoms with Gasteiger partial charge in [0.1, 0.15) is 0 Å². The maximum atomic E-state index is 13.7. The van der Waals surface area contributed by atoms with Gasteiger partial charge in [-0.15, -0.1) is 0 Å². The van der Waals surface area contributed by atoms with Gasteiger partial charge in [0.2, 0.25) is 10.0 Å². The highest BCUT2D eigenvalue weighted by atomic mass is 127. The summed E-state index contributed by atoms with van der Waals surface area (Å²) in [6, 6.07) is 30.1. The quantitative estimate of drug-likeness (QED) is 0.108. The molecule has 242 valence electrons. The van der Waals surface area contributed by atoms with Gasteiger partial charge in [-0.25, -0.2) is 8.42 Å². The highest BCUT2D eigenvalue weighted by Gasteiger charge is 2.24. The van der Waals surface area contributed by atoms with Crippen LogP contribution in [-0.2, 0) is 23.0 Å². The van der Waals surface area contributed by atoms with Gasteiger partial charge in [-0.05, 0) is 89.9 Å². The molecule has 4 rings (SSSR count). The molecular formula is C35H39IN4O5S. The molecule has 0 heterocycles. The van der Waals surface area contributed by atoms with Crippen molar-refractivity contribution in [1.82, 2.24) is 16.0 Å². The maximum Gasteiger partial charge on any atom is 0.251 e. The monoisotopic (exact) mass is 754 g/mol. The number of hydrogen-bond acceptors (Lipinski definition) is 6. The molecule has 0 spiro atoms. The lowest BCUT2D eigenvalue weighted by Crippen LogP contribution is -2.48. The van der Waals surface area contributed by atoms with Crippen LogP contribution in [0.1, 0.15) is 57.3 Å². The summed E-state index contributed by atoms with van der Waals surface area (Å²) in [7, 11) is -3.70. The Morgan fingerprint density at radius 2 is 1.41 bits per heavy atom. The molecule has 0 fully saturated rings. The van der Waals surface area contributed by atoms with Crippen LogP contribution in [0, 0.1) is 3.57 Å². The summed E-state index contributed by atoms with van der Waals surface area (Å²) in [5.74, 6) is -1.21. The molecule has 2 amide bonds. The van der Waals surface area contributed by atoms with Gasteiger partial charge in [0.15, 0.2) is 0 Å². The van der Waals surface area contributed by atoms with Crippen LogP contribution in [0.15, 0.2) is 103 Å². The summed E-state index contributed by atoms with van der Waals surface area (Å²) in [6.07, 6.45) is -0.605. The number of aliphatic hydroxyl groups excluding tert-OH is 1. The Balaban J connectivity index is 1.56. The molecule has 3 atom stereocenters. The molecule has 11 heteroatoms. The fourth-order valence-electron chi connectivity index (χ4n) is 4.86. The lowest BCUT2D eigenvalue weighted by atomic mass is 10.00. The van der Waals surface area contributed by atoms with E-state index in [1.165, 1.54) is 25.1 Å². The van der Waals surface area contributed by atoms with Crippen LogP contribution in [0.4, 0.5) is 5.69 Å². The van der Waals surface area contributed by atoms with Gasteiger partial charge in [-0.2, -0.15) is 0 Å². The standard InChI is InChI=1S/C35H39IN4O5S/c1-3-46(44,45)40-31-20-28(34(42)38-24(2)27-14-8-5-9-15-27)19-29(21-31)35(43)39-32(18-25-11-6-4-7-12-25)33(41)23-37-22-26-13-10-16-30(36)17-26/h4-17,19-21,24,32-33,37,40-41H,3,18,22-23H2,1-2H3,(H,38,42)(H,39,43)/t24-,32+,33-/m1/s1. The van der Waals surface area contributed by atoms with Crippen molar-refractivity contribution in [3.63, 3.8) is 0 Å². The van der Waals surface area contributed by atoms with E-state index in [2.05, 4.69) is 49.3 Å². The molecule has 0 aromatic heterocycles. The minimum Gasteiger partial charge on any atom is -0.390 e. The SMILES string of the molecule is CCS(=O)(=O)Nc1cc(C(=O)N[C@@H](Cc2ccccc2)[C@H](O)CNCc2cccc(I)c2)cc(C(=O)N[C@H](C)c2ccccc2)c1. The number of rotatable bonds is 15. The van der Waals surface area contributed by atoms with E-state index >= 15 is 0 Å². The molecule has 0 aliphatic heterocycles. The van der Waals surface area contributed by atoms with Crippen molar-refractivity contribution in [3.8, 4) is 0 Å². The molecule has 0 radical (unpaired) electrons. The van der Waals surface area contributed by atoms with Crippen molar-refractivity contribution in [1.29, 1.82) is 0 Å². The summed E-state index contributed by atoms with van der Waals surface area (Å²) in [4.78, 5) is 27.1. The van der Waals surface area contributed by atoms with Gasteiger partial charge in [0.25, 0.3) is 11.8 Å². The highest BCUT2D eigenvalue weighted by Crippen LogP contribution is 2.20. The first-order valence-corrected chi connectivity index (χ1v) is 17.8. The van der Waals surface area contributed by atoms with Crippen LogP contribution in [0.2, 0.25) is 0 Å². The van der Waals surface area contributed by atoms with Gasteiger partial charge in [-0.1, -0.05) is 72.8 Å². The third kappa shape index (κ3) is 10.6. The summed E-state index contributed by atoms with van der Waals surface area (Å²) < 4.78 is 28.4. The van der Waals surface area contributed by atoms with Crippen molar-refractivity contribution in [2.75, 3.05) is 17.0 Å². The Morgan fingerprint density at radius 1 is 0.804 bits per heavy atom. The molecule has 9 nitrogen and oxygen atoms in total. The molecular weight excluding hydrogens is 715 g/mol. The number of halogens is 1. The number of carbonyl (C=O) groups excluding carboxylic acids is 2. The summed E-state index contributed by atoms with van der Waals surface area (Å²) in [5, 5.41) is 20.4. The molecule has 0 unspecified atom stereocenters. The van der Waals surface area contributed by atoms with Crippen molar-refractivity contribution in [2.45, 2.75) is 45.0 Å². The zero-order valence-electron chi connectivity index (χ0n) is 25.7. The fraction of sp³-hybridized carbons (Fsp3) is 0.257. The van der Waals surface area contributed by atoms with Crippen molar-refractivity contribution >= 4 is 50.1 Å². The first kappa shape index (κ1) is 35.1. The molecule has 0 aliphatic rings. The van der Waals surface area contributed by atoms with Crippen molar-refractivity contribution < 1.29 is 23.1 Å². The van der Waals surface area contributed by atoms with Gasteiger partial charge in [-0.3, -0.25) is 14.3 Å². The Hall–Kier alpha value is -3.78. The third-order valence-electron chi connectivity index (χ3n) is 7.41. The minimum absolute atomic E-state index is 0.0749. The second-order valence-electron chi connectivity index (χ2n) is 11.0. The summed E-state index contributed by atoms with van der Waals surface area (Å²) >= 11 is 2.25. The average molecular weight is 755 g/mol. The van der Waals surface area contributed by atoms with Crippen molar-refractivity contribution in [2.24, 2.45) is 0 Å². The number of sulfonamides is 1. The van der Waals surface area contributed by atoms with Crippen LogP contribution in [0.25, 0.3) is 0 Å². The van der Waals surface area contributed by atoms with Gasteiger partial charge in [0, 0.05) is 27.8 Å². The van der Waals surface area contributed by atoms with Gasteiger partial charge < -0.3 is 21.1 Å². The van der Waals surface area contributed by atoms with E-state index in [4.69, 9.17) is 0 Å². The van der Waals surface area contributed by atoms with Gasteiger partial charge in [0.05, 0.1) is 29.6 Å². The van der Waals surface area contributed by atoms with E-state index < -0.39 is 34.0 Å². The first-order valence-electron chi connectivity index (χ1n) is 15.0. The molecule has 0 saturated carbocycles. The van der Waals surface area contributed by atoms with E-state index in [-0.39, 0.29) is 35.2 Å². The van der Waals surface area contributed by atoms with E-state index in [1.54, 1.807) is 0 Å². The second-order valence-corrected chi connectivity index (χ2v) is 14.3. The molecule has 5 N–H and O–H groups in total. The smallest absolute Gasteiger partial charge is 0.251 e. The molecule has 0 aliphatic carbocycles. The maximum absolute atomic E-state index is 13.7. The largest absolute Gasteiger partial charge is 0.390 e. The predicted molar refractivity (Wildman–Crippen MR) is 190 cm³/mol. The number of aliphatic hydroxyl groups is 1. The molecule has 0 saturated heterocycles. The van der Waals surface area contributed by atoms with Crippen LogP contribution in [0.3, 0.4) is 0 Å². The Labute approximate surface area is 284 Å². The minimum atomic E-state index is -3.70. The Bertz CT molecular complexity index is 1720. The number of anilines is 1. The molecule has 4 aromatic carbocycles. The number of nitrogens with one attached hydrogen (secondary N) is 4. The molecule has 46 heavy (non-hydrogen) atoms. The molecule has 0 bridgehead atoms. The van der Waals surface area contributed by atoms with Crippen LogP contribution < -0.4 is 20.7 Å². The number of carbonyl (C=O) groups is 2. The second kappa shape index (κ2) is 16.7. The first-order chi connectivity index (χ1) is 22.0. The van der Waals surface area contributed by atoms with Crippen LogP contribution >= 0.6 is 22.6 Å². The van der Waals surface area contributed by atoms with Crippen LogP contribution in [-0.4, -0.2) is 49.8 Å². The third-order valence-corrected chi connectivity index (χ3v) is 9.39. The summed E-state index contributed by atoms with van der Waals surface area (Å²) in [6.45, 7) is 4.09. The lowest BCUT2D eigenvalue weighted by molar-refractivity contribution is 0.0830. The van der Waals surface area contributed by atoms with E-state index in [0.717, 1.165) is 20.3 Å². The van der Waals surface area contributed by atoms with Gasteiger partial charge >= 0.3 is 0 Å². The van der Waals surface area contributed by atoms with Crippen LogP contribution in [0.5, 0.6) is 0 Å². The van der Waals surface area contributed by atoms with E-state index in [0.29, 0.717) is 13.0 Å². The van der Waals surface area contributed by atoms with E-state index in [9.17, 15) is 23.1 Å². The van der Waals surface area contributed by atoms with E-state index in [1.807, 2.05) is 85.8 Å².